The topological polar surface area (TPSA) is 35.8 Å². The van der Waals surface area contributed by atoms with Crippen molar-refractivity contribution in [1.29, 1.82) is 5.26 Å². The summed E-state index contributed by atoms with van der Waals surface area (Å²) in [5, 5.41) is 12.5. The first-order valence-electron chi connectivity index (χ1n) is 5.87. The molecular weight excluding hydrogens is 172 g/mol. The minimum Gasteiger partial charge on any atom is -0.313 e. The van der Waals surface area contributed by atoms with Gasteiger partial charge in [-0.2, -0.15) is 5.26 Å². The number of nitrogens with zero attached hydrogens (tertiary/aromatic N) is 1. The van der Waals surface area contributed by atoms with Gasteiger partial charge >= 0.3 is 0 Å². The average Bonchev–Trinajstić information content (AvgIpc) is 2.18. The summed E-state index contributed by atoms with van der Waals surface area (Å²) >= 11 is 0. The van der Waals surface area contributed by atoms with Crippen molar-refractivity contribution in [3.8, 4) is 6.07 Å². The van der Waals surface area contributed by atoms with Gasteiger partial charge in [-0.1, -0.05) is 26.7 Å². The van der Waals surface area contributed by atoms with E-state index in [1.165, 1.54) is 25.7 Å². The standard InChI is InChI=1S/C12H22N2/c1-10(2)7-8-14-12-6-4-3-5-11(12)9-13/h10-12,14H,3-8H2,1-2H3. The monoisotopic (exact) mass is 194 g/mol. The molecule has 1 rings (SSSR count). The van der Waals surface area contributed by atoms with E-state index < -0.39 is 0 Å². The quantitative estimate of drug-likeness (QED) is 0.747. The SMILES string of the molecule is CC(C)CCNC1CCCCC1C#N. The highest BCUT2D eigenvalue weighted by molar-refractivity contribution is 4.94. The molecule has 0 amide bonds. The van der Waals surface area contributed by atoms with Gasteiger partial charge in [0.05, 0.1) is 12.0 Å². The van der Waals surface area contributed by atoms with Crippen molar-refractivity contribution < 1.29 is 0 Å². The van der Waals surface area contributed by atoms with E-state index in [0.29, 0.717) is 6.04 Å². The zero-order valence-corrected chi connectivity index (χ0v) is 9.42. The highest BCUT2D eigenvalue weighted by Crippen LogP contribution is 2.23. The highest BCUT2D eigenvalue weighted by Gasteiger charge is 2.23. The summed E-state index contributed by atoms with van der Waals surface area (Å²) in [4.78, 5) is 0. The Hall–Kier alpha value is -0.550. The Morgan fingerprint density at radius 2 is 2.07 bits per heavy atom. The lowest BCUT2D eigenvalue weighted by Crippen LogP contribution is -2.38. The van der Waals surface area contributed by atoms with Gasteiger partial charge in [-0.15, -0.1) is 0 Å². The second-order valence-corrected chi connectivity index (χ2v) is 4.76. The van der Waals surface area contributed by atoms with Gasteiger partial charge in [0.25, 0.3) is 0 Å². The second kappa shape index (κ2) is 6.03. The smallest absolute Gasteiger partial charge is 0.0672 e. The molecule has 0 aliphatic heterocycles. The summed E-state index contributed by atoms with van der Waals surface area (Å²) in [6.07, 6.45) is 6.03. The summed E-state index contributed by atoms with van der Waals surface area (Å²) < 4.78 is 0. The third-order valence-electron chi connectivity index (χ3n) is 3.06. The van der Waals surface area contributed by atoms with Gasteiger partial charge in [0, 0.05) is 6.04 Å². The molecule has 1 saturated carbocycles. The molecule has 1 aliphatic carbocycles. The molecule has 0 saturated heterocycles. The van der Waals surface area contributed by atoms with Crippen molar-refractivity contribution in [2.75, 3.05) is 6.54 Å². The molecular formula is C12H22N2. The van der Waals surface area contributed by atoms with Crippen molar-refractivity contribution in [1.82, 2.24) is 5.32 Å². The first kappa shape index (κ1) is 11.5. The second-order valence-electron chi connectivity index (χ2n) is 4.76. The molecule has 0 heterocycles. The molecule has 2 atom stereocenters. The van der Waals surface area contributed by atoms with Gasteiger partial charge in [0.1, 0.15) is 0 Å². The zero-order valence-electron chi connectivity index (χ0n) is 9.42. The summed E-state index contributed by atoms with van der Waals surface area (Å²) in [5.74, 6) is 1.02. The zero-order chi connectivity index (χ0) is 10.4. The van der Waals surface area contributed by atoms with Crippen LogP contribution in [-0.4, -0.2) is 12.6 Å². The van der Waals surface area contributed by atoms with Crippen molar-refractivity contribution >= 4 is 0 Å². The van der Waals surface area contributed by atoms with Gasteiger partial charge in [0.15, 0.2) is 0 Å². The van der Waals surface area contributed by atoms with Crippen LogP contribution in [0.15, 0.2) is 0 Å². The van der Waals surface area contributed by atoms with Crippen LogP contribution < -0.4 is 5.32 Å². The fourth-order valence-electron chi connectivity index (χ4n) is 2.09. The molecule has 0 bridgehead atoms. The maximum Gasteiger partial charge on any atom is 0.0672 e. The average molecular weight is 194 g/mol. The van der Waals surface area contributed by atoms with Crippen molar-refractivity contribution in [2.24, 2.45) is 11.8 Å². The fourth-order valence-corrected chi connectivity index (χ4v) is 2.09. The molecule has 0 aromatic carbocycles. The molecule has 1 N–H and O–H groups in total. The molecule has 80 valence electrons. The largest absolute Gasteiger partial charge is 0.313 e. The molecule has 0 radical (unpaired) electrons. The number of hydrogen-bond acceptors (Lipinski definition) is 2. The van der Waals surface area contributed by atoms with Gasteiger partial charge in [-0.3, -0.25) is 0 Å². The highest BCUT2D eigenvalue weighted by atomic mass is 14.9. The number of hydrogen-bond donors (Lipinski definition) is 1. The normalized spacial score (nSPS) is 27.6. The molecule has 2 nitrogen and oxygen atoms in total. The molecule has 1 fully saturated rings. The molecule has 2 unspecified atom stereocenters. The van der Waals surface area contributed by atoms with Crippen molar-refractivity contribution in [3.63, 3.8) is 0 Å². The summed E-state index contributed by atoms with van der Waals surface area (Å²) in [7, 11) is 0. The Labute approximate surface area is 87.7 Å². The predicted octanol–water partition coefficient (Wildman–Crippen LogP) is 2.70. The molecule has 2 heteroatoms. The Kier molecular flexibility index (Phi) is 4.97. The summed E-state index contributed by atoms with van der Waals surface area (Å²) in [5.41, 5.74) is 0. The Morgan fingerprint density at radius 3 is 2.71 bits per heavy atom. The van der Waals surface area contributed by atoms with E-state index in [-0.39, 0.29) is 5.92 Å². The Balaban J connectivity index is 2.24. The fraction of sp³-hybridized carbons (Fsp3) is 0.917. The van der Waals surface area contributed by atoms with E-state index in [2.05, 4.69) is 25.2 Å². The molecule has 0 aromatic rings. The lowest BCUT2D eigenvalue weighted by atomic mass is 9.85. The van der Waals surface area contributed by atoms with E-state index >= 15 is 0 Å². The van der Waals surface area contributed by atoms with Gasteiger partial charge in [-0.25, -0.2) is 0 Å². The number of rotatable bonds is 4. The van der Waals surface area contributed by atoms with Crippen LogP contribution in [0.4, 0.5) is 0 Å². The van der Waals surface area contributed by atoms with Crippen molar-refractivity contribution in [2.45, 2.75) is 52.0 Å². The van der Waals surface area contributed by atoms with Crippen LogP contribution in [-0.2, 0) is 0 Å². The lowest BCUT2D eigenvalue weighted by molar-refractivity contribution is 0.307. The van der Waals surface area contributed by atoms with Crippen LogP contribution in [0.25, 0.3) is 0 Å². The van der Waals surface area contributed by atoms with E-state index in [1.54, 1.807) is 0 Å². The van der Waals surface area contributed by atoms with Crippen LogP contribution in [0.5, 0.6) is 0 Å². The third-order valence-corrected chi connectivity index (χ3v) is 3.06. The maximum absolute atomic E-state index is 8.98. The predicted molar refractivity (Wildman–Crippen MR) is 58.8 cm³/mol. The number of nitrogens with one attached hydrogen (secondary N) is 1. The number of nitriles is 1. The Morgan fingerprint density at radius 1 is 1.36 bits per heavy atom. The van der Waals surface area contributed by atoms with Crippen LogP contribution in [0.2, 0.25) is 0 Å². The van der Waals surface area contributed by atoms with E-state index in [1.807, 2.05) is 0 Å². The molecule has 1 aliphatic rings. The van der Waals surface area contributed by atoms with E-state index in [9.17, 15) is 0 Å². The first-order chi connectivity index (χ1) is 6.74. The third kappa shape index (κ3) is 3.67. The minimum absolute atomic E-state index is 0.260. The lowest BCUT2D eigenvalue weighted by Gasteiger charge is -2.27. The van der Waals surface area contributed by atoms with Crippen LogP contribution in [0.1, 0.15) is 46.0 Å². The Bertz CT molecular complexity index is 193. The molecule has 0 spiro atoms. The first-order valence-corrected chi connectivity index (χ1v) is 5.87. The maximum atomic E-state index is 8.98. The van der Waals surface area contributed by atoms with Gasteiger partial charge in [0.2, 0.25) is 0 Å². The molecule has 0 aromatic heterocycles. The summed E-state index contributed by atoms with van der Waals surface area (Å²) in [6, 6.07) is 2.89. The van der Waals surface area contributed by atoms with Gasteiger partial charge in [-0.05, 0) is 31.7 Å². The van der Waals surface area contributed by atoms with Crippen LogP contribution in [0.3, 0.4) is 0 Å². The van der Waals surface area contributed by atoms with E-state index in [0.717, 1.165) is 18.9 Å². The van der Waals surface area contributed by atoms with E-state index in [4.69, 9.17) is 5.26 Å². The van der Waals surface area contributed by atoms with Crippen LogP contribution >= 0.6 is 0 Å². The van der Waals surface area contributed by atoms with Crippen molar-refractivity contribution in [3.05, 3.63) is 0 Å². The van der Waals surface area contributed by atoms with Crippen LogP contribution in [0, 0.1) is 23.2 Å². The minimum atomic E-state index is 0.260. The molecule has 14 heavy (non-hydrogen) atoms. The van der Waals surface area contributed by atoms with Gasteiger partial charge < -0.3 is 5.32 Å². The summed E-state index contributed by atoms with van der Waals surface area (Å²) in [6.45, 7) is 5.55.